The molecule has 5 rings (SSSR count). The number of nitrogens with zero attached hydrogens (tertiary/aromatic N) is 2. The summed E-state index contributed by atoms with van der Waals surface area (Å²) in [5, 5.41) is 0. The Morgan fingerprint density at radius 3 is 2.52 bits per heavy atom. The lowest BCUT2D eigenvalue weighted by atomic mass is 9.81. The fourth-order valence-electron chi connectivity index (χ4n) is 4.26. The van der Waals surface area contributed by atoms with E-state index < -0.39 is 0 Å². The molecule has 1 aliphatic heterocycles. The van der Waals surface area contributed by atoms with E-state index >= 15 is 0 Å². The number of carbonyl (C=O) groups excluding carboxylic acids is 2. The topological polar surface area (TPSA) is 50.3 Å². The van der Waals surface area contributed by atoms with Gasteiger partial charge in [-0.25, -0.2) is 9.37 Å². The summed E-state index contributed by atoms with van der Waals surface area (Å²) in [4.78, 5) is 31.7. The highest BCUT2D eigenvalue weighted by Crippen LogP contribution is 2.41. The largest absolute Gasteiger partial charge is 0.274 e. The number of carbonyl (C=O) groups is 2. The molecule has 1 aliphatic carbocycles. The Hall–Kier alpha value is -2.25. The number of thioether (sulfide) groups is 1. The van der Waals surface area contributed by atoms with Gasteiger partial charge in [-0.3, -0.25) is 14.5 Å². The number of fused-ring (bicyclic) bond motifs is 2. The number of benzene rings is 2. The molecule has 2 atom stereocenters. The van der Waals surface area contributed by atoms with Crippen molar-refractivity contribution in [2.45, 2.75) is 35.8 Å². The minimum absolute atomic E-state index is 0.0577. The molecule has 1 aromatic heterocycles. The first kappa shape index (κ1) is 18.8. The van der Waals surface area contributed by atoms with Crippen LogP contribution < -0.4 is 4.90 Å². The molecular weight excluding hydrogens is 407 g/mol. The molecule has 2 aliphatic rings. The smallest absolute Gasteiger partial charge is 0.237 e. The lowest BCUT2D eigenvalue weighted by molar-refractivity contribution is -0.122. The molecule has 2 amide bonds. The van der Waals surface area contributed by atoms with Gasteiger partial charge in [0.1, 0.15) is 5.82 Å². The van der Waals surface area contributed by atoms with Crippen molar-refractivity contribution in [3.8, 4) is 0 Å². The summed E-state index contributed by atoms with van der Waals surface area (Å²) in [5.41, 5.74) is 2.11. The van der Waals surface area contributed by atoms with Crippen molar-refractivity contribution in [2.24, 2.45) is 11.8 Å². The van der Waals surface area contributed by atoms with Gasteiger partial charge in [0.25, 0.3) is 0 Å². The molecule has 0 unspecified atom stereocenters. The van der Waals surface area contributed by atoms with Crippen molar-refractivity contribution < 1.29 is 14.0 Å². The molecule has 0 bridgehead atoms. The molecule has 0 N–H and O–H groups in total. The number of hydrogen-bond donors (Lipinski definition) is 0. The lowest BCUT2D eigenvalue weighted by Crippen LogP contribution is -2.30. The summed E-state index contributed by atoms with van der Waals surface area (Å²) in [6.07, 6.45) is 3.66. The second kappa shape index (κ2) is 7.54. The van der Waals surface area contributed by atoms with Crippen LogP contribution in [0.2, 0.25) is 0 Å². The third-order valence-corrected chi connectivity index (χ3v) is 7.97. The fourth-order valence-corrected chi connectivity index (χ4v) is 6.35. The number of halogens is 1. The number of imide groups is 1. The van der Waals surface area contributed by atoms with Gasteiger partial charge in [-0.15, -0.1) is 11.3 Å². The zero-order valence-electron chi connectivity index (χ0n) is 15.6. The highest BCUT2D eigenvalue weighted by Gasteiger charge is 2.48. The molecule has 29 heavy (non-hydrogen) atoms. The molecule has 3 aromatic rings. The Morgan fingerprint density at radius 2 is 1.79 bits per heavy atom. The normalized spacial score (nSPS) is 21.8. The monoisotopic (exact) mass is 426 g/mol. The van der Waals surface area contributed by atoms with Crippen LogP contribution in [0, 0.1) is 17.7 Å². The fraction of sp³-hybridized carbons (Fsp3) is 0.318. The molecule has 148 valence electrons. The van der Waals surface area contributed by atoms with Crippen molar-refractivity contribution >= 4 is 50.8 Å². The first-order valence-corrected chi connectivity index (χ1v) is 11.6. The number of amides is 2. The maximum absolute atomic E-state index is 13.8. The second-order valence-electron chi connectivity index (χ2n) is 7.52. The predicted molar refractivity (Wildman–Crippen MR) is 114 cm³/mol. The second-order valence-corrected chi connectivity index (χ2v) is 9.77. The van der Waals surface area contributed by atoms with Crippen LogP contribution in [0.25, 0.3) is 10.2 Å². The van der Waals surface area contributed by atoms with E-state index in [1.807, 2.05) is 18.2 Å². The van der Waals surface area contributed by atoms with E-state index in [-0.39, 0.29) is 29.5 Å². The average Bonchev–Trinajstić information content (AvgIpc) is 3.25. The number of anilines is 1. The maximum Gasteiger partial charge on any atom is 0.237 e. The van der Waals surface area contributed by atoms with Gasteiger partial charge in [-0.2, -0.15) is 0 Å². The lowest BCUT2D eigenvalue weighted by Gasteiger charge is -2.19. The maximum atomic E-state index is 13.8. The Balaban J connectivity index is 1.39. The molecule has 1 saturated carbocycles. The third-order valence-electron chi connectivity index (χ3n) is 5.76. The molecule has 2 fully saturated rings. The van der Waals surface area contributed by atoms with E-state index in [2.05, 4.69) is 4.98 Å². The SMILES string of the molecule is O=C1[C@H]2CCCC[C@@H]2C(=O)N1c1ccc2nc(SCc3ccccc3F)sc2c1. The van der Waals surface area contributed by atoms with E-state index in [1.165, 1.54) is 34.1 Å². The van der Waals surface area contributed by atoms with Crippen LogP contribution in [0.15, 0.2) is 46.8 Å². The predicted octanol–water partition coefficient (Wildman–Crippen LogP) is 5.41. The van der Waals surface area contributed by atoms with Crippen LogP contribution in [0.3, 0.4) is 0 Å². The molecule has 2 heterocycles. The standard InChI is InChI=1S/C22H19FN2O2S2/c23-17-8-4-1-5-13(17)12-28-22-24-18-10-9-14(11-19(18)29-22)25-20(26)15-6-2-3-7-16(15)21(25)27/h1,4-5,8-11,15-16H,2-3,6-7,12H2/t15-,16-/m0/s1. The van der Waals surface area contributed by atoms with Crippen molar-refractivity contribution in [3.05, 3.63) is 53.8 Å². The van der Waals surface area contributed by atoms with E-state index in [1.54, 1.807) is 18.2 Å². The molecule has 2 aromatic carbocycles. The number of aromatic nitrogens is 1. The average molecular weight is 427 g/mol. The van der Waals surface area contributed by atoms with Crippen LogP contribution in [-0.2, 0) is 15.3 Å². The van der Waals surface area contributed by atoms with Crippen LogP contribution in [0.5, 0.6) is 0 Å². The molecule has 0 radical (unpaired) electrons. The van der Waals surface area contributed by atoms with Gasteiger partial charge >= 0.3 is 0 Å². The summed E-state index contributed by atoms with van der Waals surface area (Å²) < 4.78 is 15.6. The first-order chi connectivity index (χ1) is 14.1. The van der Waals surface area contributed by atoms with Gasteiger partial charge in [-0.05, 0) is 42.7 Å². The zero-order valence-corrected chi connectivity index (χ0v) is 17.3. The number of thiazole rings is 1. The van der Waals surface area contributed by atoms with E-state index in [4.69, 9.17) is 0 Å². The van der Waals surface area contributed by atoms with Crippen LogP contribution in [0.4, 0.5) is 10.1 Å². The van der Waals surface area contributed by atoms with Crippen molar-refractivity contribution in [2.75, 3.05) is 4.90 Å². The summed E-state index contributed by atoms with van der Waals surface area (Å²) in [6, 6.07) is 12.3. The Morgan fingerprint density at radius 1 is 1.07 bits per heavy atom. The van der Waals surface area contributed by atoms with Crippen LogP contribution >= 0.6 is 23.1 Å². The van der Waals surface area contributed by atoms with Crippen LogP contribution in [0.1, 0.15) is 31.2 Å². The van der Waals surface area contributed by atoms with Crippen molar-refractivity contribution in [3.63, 3.8) is 0 Å². The first-order valence-electron chi connectivity index (χ1n) is 9.76. The molecule has 1 saturated heterocycles. The Kier molecular flexibility index (Phi) is 4.87. The van der Waals surface area contributed by atoms with Crippen molar-refractivity contribution in [1.29, 1.82) is 0 Å². The molecule has 4 nitrogen and oxygen atoms in total. The van der Waals surface area contributed by atoms with Gasteiger partial charge in [0.15, 0.2) is 4.34 Å². The van der Waals surface area contributed by atoms with E-state index in [9.17, 15) is 14.0 Å². The Bertz CT molecular complexity index is 1090. The van der Waals surface area contributed by atoms with Gasteiger partial charge < -0.3 is 0 Å². The van der Waals surface area contributed by atoms with E-state index in [0.29, 0.717) is 17.0 Å². The highest BCUT2D eigenvalue weighted by molar-refractivity contribution is 8.00. The van der Waals surface area contributed by atoms with Gasteiger partial charge in [-0.1, -0.05) is 42.8 Å². The highest BCUT2D eigenvalue weighted by atomic mass is 32.2. The summed E-state index contributed by atoms with van der Waals surface area (Å²) >= 11 is 2.99. The third kappa shape index (κ3) is 3.36. The summed E-state index contributed by atoms with van der Waals surface area (Å²) in [7, 11) is 0. The zero-order chi connectivity index (χ0) is 20.0. The molecule has 7 heteroatoms. The Labute approximate surface area is 176 Å². The number of hydrogen-bond acceptors (Lipinski definition) is 5. The summed E-state index contributed by atoms with van der Waals surface area (Å²) in [5.74, 6) is -0.127. The van der Waals surface area contributed by atoms with Gasteiger partial charge in [0.05, 0.1) is 27.7 Å². The molecule has 0 spiro atoms. The molecular formula is C22H19FN2O2S2. The van der Waals surface area contributed by atoms with E-state index in [0.717, 1.165) is 40.2 Å². The minimum Gasteiger partial charge on any atom is -0.274 e. The van der Waals surface area contributed by atoms with Crippen molar-refractivity contribution in [1.82, 2.24) is 4.98 Å². The minimum atomic E-state index is -0.212. The quantitative estimate of drug-likeness (QED) is 0.414. The van der Waals surface area contributed by atoms with Gasteiger partial charge in [0, 0.05) is 5.75 Å². The number of rotatable bonds is 4. The van der Waals surface area contributed by atoms with Gasteiger partial charge in [0.2, 0.25) is 11.8 Å². The van der Waals surface area contributed by atoms with Crippen LogP contribution in [-0.4, -0.2) is 16.8 Å². The summed E-state index contributed by atoms with van der Waals surface area (Å²) in [6.45, 7) is 0.